The van der Waals surface area contributed by atoms with Crippen molar-refractivity contribution in [1.29, 1.82) is 0 Å². The number of ether oxygens (including phenoxy) is 2. The molecule has 0 spiro atoms. The fourth-order valence-electron chi connectivity index (χ4n) is 6.10. The third-order valence-electron chi connectivity index (χ3n) is 9.34. The van der Waals surface area contributed by atoms with Gasteiger partial charge in [-0.2, -0.15) is 0 Å². The van der Waals surface area contributed by atoms with Crippen LogP contribution in [0.2, 0.25) is 0 Å². The lowest BCUT2D eigenvalue weighted by Crippen LogP contribution is -2.28. The summed E-state index contributed by atoms with van der Waals surface area (Å²) < 4.78 is 33.4. The second-order valence-electron chi connectivity index (χ2n) is 14.6. The Morgan fingerprint density at radius 2 is 0.962 bits per heavy atom. The maximum Gasteiger partial charge on any atom is 0.472 e. The molecule has 52 heavy (non-hydrogen) atoms. The molecule has 308 valence electrons. The van der Waals surface area contributed by atoms with Gasteiger partial charge < -0.3 is 20.1 Å². The van der Waals surface area contributed by atoms with Gasteiger partial charge in [-0.3, -0.25) is 13.8 Å². The zero-order chi connectivity index (χ0) is 38.1. The first-order valence-electron chi connectivity index (χ1n) is 21.8. The Hall–Kier alpha value is -1.02. The van der Waals surface area contributed by atoms with E-state index in [1.54, 1.807) is 0 Å². The number of carbonyl (C=O) groups excluding carboxylic acids is 1. The molecule has 0 amide bonds. The number of rotatable bonds is 42. The second-order valence-corrected chi connectivity index (χ2v) is 16.0. The van der Waals surface area contributed by atoms with Crippen molar-refractivity contribution in [2.75, 3.05) is 33.0 Å². The Kier molecular flexibility index (Phi) is 40.3. The Morgan fingerprint density at radius 3 is 1.40 bits per heavy atom. The van der Waals surface area contributed by atoms with Gasteiger partial charge in [0.1, 0.15) is 6.10 Å². The van der Waals surface area contributed by atoms with E-state index in [-0.39, 0.29) is 32.3 Å². The maximum absolute atomic E-state index is 12.6. The maximum atomic E-state index is 12.6. The standard InChI is InChI=1S/C43H84NO7P/c1-3-5-7-9-11-13-15-17-19-21-23-25-27-29-31-33-35-38-48-40-42(41-50-52(46,47)49-39-37-44)51-43(45)36-34-32-30-28-26-24-22-20-18-16-14-12-10-8-6-4-2/h19-22,42H,3-18,23-41,44H2,1-2H3,(H,46,47)/b21-19-,22-20-. The van der Waals surface area contributed by atoms with E-state index in [0.717, 1.165) is 44.9 Å². The molecule has 0 aromatic heterocycles. The number of esters is 1. The normalized spacial score (nSPS) is 13.7. The van der Waals surface area contributed by atoms with Crippen LogP contribution in [-0.4, -0.2) is 49.9 Å². The monoisotopic (exact) mass is 758 g/mol. The molecule has 0 aromatic carbocycles. The van der Waals surface area contributed by atoms with Crippen molar-refractivity contribution < 1.29 is 32.8 Å². The Bertz CT molecular complexity index is 853. The van der Waals surface area contributed by atoms with E-state index in [4.69, 9.17) is 24.3 Å². The fraction of sp³-hybridized carbons (Fsp3) is 0.884. The predicted molar refractivity (Wildman–Crippen MR) is 220 cm³/mol. The highest BCUT2D eigenvalue weighted by Crippen LogP contribution is 2.43. The molecule has 0 fully saturated rings. The van der Waals surface area contributed by atoms with E-state index in [1.165, 1.54) is 141 Å². The lowest BCUT2D eigenvalue weighted by molar-refractivity contribution is -0.154. The van der Waals surface area contributed by atoms with Crippen LogP contribution in [0.3, 0.4) is 0 Å². The van der Waals surface area contributed by atoms with Crippen molar-refractivity contribution in [2.45, 2.75) is 213 Å². The largest absolute Gasteiger partial charge is 0.472 e. The number of hydrogen-bond acceptors (Lipinski definition) is 7. The van der Waals surface area contributed by atoms with Crippen molar-refractivity contribution >= 4 is 13.8 Å². The van der Waals surface area contributed by atoms with Gasteiger partial charge in [-0.1, -0.05) is 160 Å². The summed E-state index contributed by atoms with van der Waals surface area (Å²) in [6, 6.07) is 0. The number of phosphoric acid groups is 1. The van der Waals surface area contributed by atoms with Crippen molar-refractivity contribution in [3.05, 3.63) is 24.3 Å². The molecule has 2 unspecified atom stereocenters. The highest BCUT2D eigenvalue weighted by molar-refractivity contribution is 7.47. The smallest absolute Gasteiger partial charge is 0.457 e. The number of hydrogen-bond donors (Lipinski definition) is 2. The van der Waals surface area contributed by atoms with Crippen LogP contribution in [0.5, 0.6) is 0 Å². The van der Waals surface area contributed by atoms with Gasteiger partial charge in [0.2, 0.25) is 0 Å². The van der Waals surface area contributed by atoms with Gasteiger partial charge in [-0.15, -0.1) is 0 Å². The first kappa shape index (κ1) is 51.0. The van der Waals surface area contributed by atoms with Crippen LogP contribution in [0.15, 0.2) is 24.3 Å². The van der Waals surface area contributed by atoms with Gasteiger partial charge >= 0.3 is 13.8 Å². The lowest BCUT2D eigenvalue weighted by Gasteiger charge is -2.20. The van der Waals surface area contributed by atoms with Gasteiger partial charge in [0, 0.05) is 19.6 Å². The number of allylic oxidation sites excluding steroid dienone is 4. The predicted octanol–water partition coefficient (Wildman–Crippen LogP) is 12.9. The second kappa shape index (κ2) is 41.1. The average molecular weight is 758 g/mol. The van der Waals surface area contributed by atoms with Crippen LogP contribution in [-0.2, 0) is 27.9 Å². The van der Waals surface area contributed by atoms with Crippen LogP contribution < -0.4 is 5.73 Å². The third-order valence-corrected chi connectivity index (χ3v) is 10.3. The molecule has 2 atom stereocenters. The van der Waals surface area contributed by atoms with E-state index in [9.17, 15) is 14.3 Å². The number of nitrogens with two attached hydrogens (primary N) is 1. The molecule has 0 aromatic rings. The van der Waals surface area contributed by atoms with Crippen LogP contribution in [0, 0.1) is 0 Å². The minimum Gasteiger partial charge on any atom is -0.457 e. The van der Waals surface area contributed by atoms with E-state index < -0.39 is 13.9 Å². The summed E-state index contributed by atoms with van der Waals surface area (Å²) >= 11 is 0. The quantitative estimate of drug-likeness (QED) is 0.0273. The number of unbranched alkanes of at least 4 members (excludes halogenated alkanes) is 25. The molecule has 0 aliphatic carbocycles. The van der Waals surface area contributed by atoms with Gasteiger partial charge in [0.25, 0.3) is 0 Å². The van der Waals surface area contributed by atoms with Crippen LogP contribution >= 0.6 is 7.82 Å². The minimum absolute atomic E-state index is 0.0969. The van der Waals surface area contributed by atoms with Gasteiger partial charge in [0.15, 0.2) is 0 Å². The molecule has 0 saturated carbocycles. The van der Waals surface area contributed by atoms with Gasteiger partial charge in [-0.25, -0.2) is 4.57 Å². The zero-order valence-corrected chi connectivity index (χ0v) is 35.0. The average Bonchev–Trinajstić information content (AvgIpc) is 3.13. The summed E-state index contributed by atoms with van der Waals surface area (Å²) in [5, 5.41) is 0. The molecule has 9 heteroatoms. The van der Waals surface area contributed by atoms with Crippen molar-refractivity contribution in [3.8, 4) is 0 Å². The molecule has 0 rings (SSSR count). The summed E-state index contributed by atoms with van der Waals surface area (Å²) in [5.74, 6) is -0.339. The van der Waals surface area contributed by atoms with Crippen LogP contribution in [0.1, 0.15) is 206 Å². The summed E-state index contributed by atoms with van der Waals surface area (Å²) in [5.41, 5.74) is 5.37. The van der Waals surface area contributed by atoms with Crippen molar-refractivity contribution in [2.24, 2.45) is 5.73 Å². The highest BCUT2D eigenvalue weighted by Gasteiger charge is 2.25. The summed E-state index contributed by atoms with van der Waals surface area (Å²) in [7, 11) is -4.28. The fourth-order valence-corrected chi connectivity index (χ4v) is 6.87. The van der Waals surface area contributed by atoms with E-state index >= 15 is 0 Å². The SMILES string of the molecule is CCCCCCCCC/C=C\CCCCCCCCOCC(COP(=O)(O)OCCN)OC(=O)CCCCCCC/C=C\CCCCCCCCC. The van der Waals surface area contributed by atoms with Gasteiger partial charge in [-0.05, 0) is 64.2 Å². The Morgan fingerprint density at radius 1 is 0.558 bits per heavy atom. The molecule has 0 aliphatic heterocycles. The molecule has 0 heterocycles. The zero-order valence-electron chi connectivity index (χ0n) is 34.1. The molecule has 0 saturated heterocycles. The first-order chi connectivity index (χ1) is 25.4. The highest BCUT2D eigenvalue weighted by atomic mass is 31.2. The van der Waals surface area contributed by atoms with E-state index in [2.05, 4.69) is 38.2 Å². The molecule has 0 bridgehead atoms. The van der Waals surface area contributed by atoms with Crippen molar-refractivity contribution in [1.82, 2.24) is 0 Å². The van der Waals surface area contributed by atoms with E-state index in [1.807, 2.05) is 0 Å². The van der Waals surface area contributed by atoms with Crippen LogP contribution in [0.4, 0.5) is 0 Å². The molecular weight excluding hydrogens is 673 g/mol. The molecular formula is C43H84NO7P. The van der Waals surface area contributed by atoms with E-state index in [0.29, 0.717) is 13.0 Å². The Labute approximate surface area is 321 Å². The third kappa shape index (κ3) is 40.2. The number of phosphoric ester groups is 1. The lowest BCUT2D eigenvalue weighted by atomic mass is 10.1. The first-order valence-corrected chi connectivity index (χ1v) is 23.3. The summed E-state index contributed by atoms with van der Waals surface area (Å²) in [6.07, 6.45) is 44.8. The molecule has 3 N–H and O–H groups in total. The summed E-state index contributed by atoms with van der Waals surface area (Å²) in [6.45, 7) is 4.91. The number of carbonyl (C=O) groups is 1. The summed E-state index contributed by atoms with van der Waals surface area (Å²) in [4.78, 5) is 22.5. The molecule has 8 nitrogen and oxygen atoms in total. The Balaban J connectivity index is 4.04. The minimum atomic E-state index is -4.28. The van der Waals surface area contributed by atoms with Crippen LogP contribution in [0.25, 0.3) is 0 Å². The van der Waals surface area contributed by atoms with Gasteiger partial charge in [0.05, 0.1) is 19.8 Å². The van der Waals surface area contributed by atoms with Crippen molar-refractivity contribution in [3.63, 3.8) is 0 Å². The molecule has 0 radical (unpaired) electrons. The molecule has 0 aliphatic rings. The topological polar surface area (TPSA) is 117 Å².